The predicted octanol–water partition coefficient (Wildman–Crippen LogP) is 5.87. The van der Waals surface area contributed by atoms with Gasteiger partial charge >= 0.3 is 0 Å². The predicted molar refractivity (Wildman–Crippen MR) is 157 cm³/mol. The number of aromatic nitrogens is 6. The molecule has 1 fully saturated rings. The second-order valence-electron chi connectivity index (χ2n) is 10.3. The lowest BCUT2D eigenvalue weighted by atomic mass is 10.0. The number of anilines is 2. The Balaban J connectivity index is 1.22. The second kappa shape index (κ2) is 10.5. The average Bonchev–Trinajstić information content (AvgIpc) is 3.63. The maximum absolute atomic E-state index is 15.3. The number of amides is 1. The van der Waals surface area contributed by atoms with Gasteiger partial charge in [-0.1, -0.05) is 30.3 Å². The molecule has 6 aromatic rings. The summed E-state index contributed by atoms with van der Waals surface area (Å²) in [6, 6.07) is 16.5. The molecule has 10 heteroatoms. The topological polar surface area (TPSA) is 115 Å². The monoisotopic (exact) mass is 546 g/mol. The van der Waals surface area contributed by atoms with Crippen molar-refractivity contribution in [1.82, 2.24) is 30.1 Å². The van der Waals surface area contributed by atoms with Gasteiger partial charge in [-0.25, -0.2) is 14.4 Å². The van der Waals surface area contributed by atoms with E-state index in [1.165, 1.54) is 12.5 Å². The highest BCUT2D eigenvalue weighted by Crippen LogP contribution is 2.34. The molecule has 0 aliphatic carbocycles. The minimum Gasteiger partial charge on any atom is -0.355 e. The Morgan fingerprint density at radius 3 is 2.68 bits per heavy atom. The summed E-state index contributed by atoms with van der Waals surface area (Å²) in [6.07, 6.45) is 8.75. The maximum Gasteiger partial charge on any atom is 0.228 e. The van der Waals surface area contributed by atoms with Gasteiger partial charge in [0, 0.05) is 36.4 Å². The Hall–Kier alpha value is -5.12. The van der Waals surface area contributed by atoms with Gasteiger partial charge in [-0.2, -0.15) is 5.10 Å². The Kier molecular flexibility index (Phi) is 6.35. The van der Waals surface area contributed by atoms with Crippen molar-refractivity contribution in [3.8, 4) is 22.6 Å². The number of H-pyrrole nitrogens is 2. The van der Waals surface area contributed by atoms with E-state index in [9.17, 15) is 4.79 Å². The third kappa shape index (κ3) is 4.88. The molecule has 1 aliphatic heterocycles. The third-order valence-electron chi connectivity index (χ3n) is 7.45. The average molecular weight is 547 g/mol. The van der Waals surface area contributed by atoms with Crippen LogP contribution >= 0.6 is 0 Å². The minimum atomic E-state index is -0.467. The van der Waals surface area contributed by atoms with Crippen molar-refractivity contribution < 1.29 is 9.18 Å². The van der Waals surface area contributed by atoms with E-state index >= 15 is 4.39 Å². The summed E-state index contributed by atoms with van der Waals surface area (Å²) in [6.45, 7) is 1.91. The summed E-state index contributed by atoms with van der Waals surface area (Å²) in [5, 5.41) is 10.7. The Bertz CT molecular complexity index is 1870. The molecule has 1 aliphatic rings. The van der Waals surface area contributed by atoms with Gasteiger partial charge in [0.1, 0.15) is 16.7 Å². The van der Waals surface area contributed by atoms with Crippen molar-refractivity contribution in [1.29, 1.82) is 0 Å². The maximum atomic E-state index is 15.3. The molecule has 0 unspecified atom stereocenters. The number of rotatable bonds is 6. The number of fused-ring (bicyclic) bond motifs is 2. The van der Waals surface area contributed by atoms with Gasteiger partial charge in [0.2, 0.25) is 5.91 Å². The number of carbonyl (C=O) groups excluding carboxylic acids is 1. The van der Waals surface area contributed by atoms with E-state index in [0.717, 1.165) is 48.3 Å². The van der Waals surface area contributed by atoms with Gasteiger partial charge in [-0.15, -0.1) is 0 Å². The van der Waals surface area contributed by atoms with Crippen molar-refractivity contribution in [3.63, 3.8) is 0 Å². The number of hydrogen-bond donors (Lipinski definition) is 3. The van der Waals surface area contributed by atoms with E-state index in [-0.39, 0.29) is 17.8 Å². The fourth-order valence-corrected chi connectivity index (χ4v) is 5.45. The van der Waals surface area contributed by atoms with Crippen molar-refractivity contribution in [3.05, 3.63) is 84.6 Å². The molecule has 1 amide bonds. The summed E-state index contributed by atoms with van der Waals surface area (Å²) in [7, 11) is 0. The zero-order valence-electron chi connectivity index (χ0n) is 22.2. The molecule has 2 aromatic carbocycles. The highest BCUT2D eigenvalue weighted by atomic mass is 19.1. The number of piperidine rings is 1. The van der Waals surface area contributed by atoms with Gasteiger partial charge in [0.25, 0.3) is 0 Å². The summed E-state index contributed by atoms with van der Waals surface area (Å²) < 4.78 is 15.3. The van der Waals surface area contributed by atoms with E-state index in [1.807, 2.05) is 42.5 Å². The number of hydrogen-bond acceptors (Lipinski definition) is 6. The molecule has 41 heavy (non-hydrogen) atoms. The molecule has 0 saturated carbocycles. The van der Waals surface area contributed by atoms with Crippen LogP contribution in [0.25, 0.3) is 44.6 Å². The highest BCUT2D eigenvalue weighted by molar-refractivity contribution is 5.98. The number of benzene rings is 2. The fraction of sp³-hybridized carbons (Fsp3) is 0.194. The molecule has 5 heterocycles. The lowest BCUT2D eigenvalue weighted by molar-refractivity contribution is -0.115. The first-order valence-corrected chi connectivity index (χ1v) is 13.7. The summed E-state index contributed by atoms with van der Waals surface area (Å²) in [4.78, 5) is 32.0. The van der Waals surface area contributed by atoms with Crippen LogP contribution in [0.15, 0.2) is 73.2 Å². The first kappa shape index (κ1) is 24.9. The van der Waals surface area contributed by atoms with Gasteiger partial charge < -0.3 is 15.2 Å². The first-order valence-electron chi connectivity index (χ1n) is 13.7. The van der Waals surface area contributed by atoms with Crippen LogP contribution in [0.5, 0.6) is 0 Å². The second-order valence-corrected chi connectivity index (χ2v) is 10.3. The van der Waals surface area contributed by atoms with Crippen LogP contribution in [0, 0.1) is 5.82 Å². The van der Waals surface area contributed by atoms with Crippen LogP contribution in [0.4, 0.5) is 15.9 Å². The van der Waals surface area contributed by atoms with E-state index < -0.39 is 5.82 Å². The number of nitrogens with one attached hydrogen (secondary N) is 3. The number of nitrogens with zero attached hydrogens (tertiary/aromatic N) is 5. The van der Waals surface area contributed by atoms with E-state index in [4.69, 9.17) is 4.98 Å². The van der Waals surface area contributed by atoms with E-state index in [2.05, 4.69) is 35.4 Å². The molecule has 4 aromatic heterocycles. The quantitative estimate of drug-likeness (QED) is 0.241. The SMILES string of the molecule is O=C(Cc1ccccc1)Nc1cncc(-c2cc(F)c3n[nH]c(-c4nc5c(N6CCCCC6)nccc5[nH]4)c3c2)c1. The van der Waals surface area contributed by atoms with Crippen molar-refractivity contribution in [2.45, 2.75) is 25.7 Å². The molecule has 9 nitrogen and oxygen atoms in total. The van der Waals surface area contributed by atoms with Crippen LogP contribution < -0.4 is 10.2 Å². The number of imidazole rings is 1. The van der Waals surface area contributed by atoms with Crippen molar-refractivity contribution in [2.75, 3.05) is 23.3 Å². The molecule has 7 rings (SSSR count). The Morgan fingerprint density at radius 1 is 0.976 bits per heavy atom. The van der Waals surface area contributed by atoms with Crippen LogP contribution in [0.3, 0.4) is 0 Å². The van der Waals surface area contributed by atoms with Gasteiger partial charge in [-0.05, 0) is 54.7 Å². The van der Waals surface area contributed by atoms with Crippen LogP contribution in [-0.2, 0) is 11.2 Å². The normalized spacial score (nSPS) is 13.6. The minimum absolute atomic E-state index is 0.155. The fourth-order valence-electron chi connectivity index (χ4n) is 5.45. The van der Waals surface area contributed by atoms with Crippen molar-refractivity contribution in [2.24, 2.45) is 0 Å². The lowest BCUT2D eigenvalue weighted by Gasteiger charge is -2.27. The third-order valence-corrected chi connectivity index (χ3v) is 7.45. The number of pyridine rings is 2. The molecular formula is C31H27FN8O. The molecular weight excluding hydrogens is 519 g/mol. The molecule has 0 radical (unpaired) electrons. The summed E-state index contributed by atoms with van der Waals surface area (Å²) >= 11 is 0. The molecule has 0 spiro atoms. The molecule has 1 saturated heterocycles. The largest absolute Gasteiger partial charge is 0.355 e. The smallest absolute Gasteiger partial charge is 0.228 e. The zero-order valence-corrected chi connectivity index (χ0v) is 22.2. The molecule has 0 bridgehead atoms. The lowest BCUT2D eigenvalue weighted by Crippen LogP contribution is -2.30. The van der Waals surface area contributed by atoms with Crippen LogP contribution in [-0.4, -0.2) is 49.1 Å². The Labute approximate surface area is 234 Å². The highest BCUT2D eigenvalue weighted by Gasteiger charge is 2.21. The number of aromatic amines is 2. The molecule has 3 N–H and O–H groups in total. The zero-order chi connectivity index (χ0) is 27.8. The van der Waals surface area contributed by atoms with Gasteiger partial charge in [0.15, 0.2) is 17.5 Å². The summed E-state index contributed by atoms with van der Waals surface area (Å²) in [5.41, 5.74) is 5.17. The Morgan fingerprint density at radius 2 is 1.83 bits per heavy atom. The number of carbonyl (C=O) groups is 1. The van der Waals surface area contributed by atoms with E-state index in [0.29, 0.717) is 33.7 Å². The summed E-state index contributed by atoms with van der Waals surface area (Å²) in [5.74, 6) is 0.797. The van der Waals surface area contributed by atoms with Crippen LogP contribution in [0.2, 0.25) is 0 Å². The molecule has 204 valence electrons. The molecule has 0 atom stereocenters. The van der Waals surface area contributed by atoms with Crippen LogP contribution in [0.1, 0.15) is 24.8 Å². The van der Waals surface area contributed by atoms with E-state index in [1.54, 1.807) is 24.7 Å². The van der Waals surface area contributed by atoms with Gasteiger partial charge in [-0.3, -0.25) is 14.9 Å². The number of halogens is 1. The standard InChI is InChI=1S/C31H27FN8O/c32-24-16-20(21-14-22(18-33-17-21)35-26(41)13-19-7-3-1-4-8-19)15-23-27(24)38-39-28(23)30-36-25-9-10-34-31(29(25)37-30)40-11-5-2-6-12-40/h1,3-4,7-10,14-18H,2,5-6,11-13H2,(H,35,41)(H,36,37)(H,38,39). The van der Waals surface area contributed by atoms with Gasteiger partial charge in [0.05, 0.1) is 23.8 Å². The van der Waals surface area contributed by atoms with Crippen molar-refractivity contribution >= 4 is 39.3 Å². The first-order chi connectivity index (χ1) is 20.1.